The van der Waals surface area contributed by atoms with Gasteiger partial charge in [0.25, 0.3) is 0 Å². The summed E-state index contributed by atoms with van der Waals surface area (Å²) >= 11 is 1.81. The van der Waals surface area contributed by atoms with Crippen molar-refractivity contribution >= 4 is 23.5 Å². The zero-order valence-electron chi connectivity index (χ0n) is 14.9. The van der Waals surface area contributed by atoms with Crippen LogP contribution in [0.3, 0.4) is 0 Å². The molecule has 2 aliphatic rings. The average Bonchev–Trinajstić information content (AvgIpc) is 3.08. The van der Waals surface area contributed by atoms with Crippen LogP contribution in [0, 0.1) is 0 Å². The number of piperidine rings is 1. The Morgan fingerprint density at radius 1 is 1.44 bits per heavy atom. The molecule has 0 aliphatic carbocycles. The van der Waals surface area contributed by atoms with Gasteiger partial charge in [-0.25, -0.2) is 4.98 Å². The summed E-state index contributed by atoms with van der Waals surface area (Å²) in [6.45, 7) is 5.36. The Morgan fingerprint density at radius 3 is 2.92 bits per heavy atom. The average molecular weight is 364 g/mol. The summed E-state index contributed by atoms with van der Waals surface area (Å²) in [6, 6.07) is 6.47. The van der Waals surface area contributed by atoms with E-state index in [1.807, 2.05) is 30.1 Å². The standard InChI is InChI=1S/C18H29N5OS/c1-2-19-17(21-13-18(24)8-12-25-14-18)22-15-6-10-23(11-7-15)16-5-3-4-9-20-16/h3-5,9,15,24H,2,6-8,10-14H2,1H3,(H2,19,21,22). The molecular formula is C18H29N5OS. The number of aliphatic imine (C=N–C) groups is 1. The molecule has 7 heteroatoms. The molecule has 0 bridgehead atoms. The van der Waals surface area contributed by atoms with Crippen molar-refractivity contribution in [2.24, 2.45) is 4.99 Å². The van der Waals surface area contributed by atoms with Crippen molar-refractivity contribution in [3.8, 4) is 0 Å². The van der Waals surface area contributed by atoms with Crippen LogP contribution >= 0.6 is 11.8 Å². The topological polar surface area (TPSA) is 72.8 Å². The van der Waals surface area contributed by atoms with Gasteiger partial charge in [0.05, 0.1) is 12.1 Å². The monoisotopic (exact) mass is 363 g/mol. The van der Waals surface area contributed by atoms with Gasteiger partial charge >= 0.3 is 0 Å². The predicted octanol–water partition coefficient (Wildman–Crippen LogP) is 1.47. The van der Waals surface area contributed by atoms with Crippen molar-refractivity contribution in [3.05, 3.63) is 24.4 Å². The van der Waals surface area contributed by atoms with E-state index in [0.29, 0.717) is 12.6 Å². The molecule has 2 aliphatic heterocycles. The van der Waals surface area contributed by atoms with Gasteiger partial charge in [0.1, 0.15) is 5.82 Å². The van der Waals surface area contributed by atoms with Gasteiger partial charge in [0.2, 0.25) is 0 Å². The molecule has 2 fully saturated rings. The van der Waals surface area contributed by atoms with E-state index in [-0.39, 0.29) is 0 Å². The van der Waals surface area contributed by atoms with Crippen molar-refractivity contribution in [2.75, 3.05) is 42.6 Å². The lowest BCUT2D eigenvalue weighted by atomic mass is 10.0. The summed E-state index contributed by atoms with van der Waals surface area (Å²) in [5, 5.41) is 17.3. The largest absolute Gasteiger partial charge is 0.387 e. The number of pyridine rings is 1. The number of nitrogens with zero attached hydrogens (tertiary/aromatic N) is 3. The molecule has 2 saturated heterocycles. The Kier molecular flexibility index (Phi) is 6.42. The lowest BCUT2D eigenvalue weighted by Crippen LogP contribution is -2.49. The van der Waals surface area contributed by atoms with Gasteiger partial charge in [0, 0.05) is 37.6 Å². The van der Waals surface area contributed by atoms with E-state index in [1.165, 1.54) is 0 Å². The molecule has 6 nitrogen and oxygen atoms in total. The van der Waals surface area contributed by atoms with Gasteiger partial charge in [0.15, 0.2) is 5.96 Å². The Morgan fingerprint density at radius 2 is 2.28 bits per heavy atom. The molecule has 0 amide bonds. The summed E-state index contributed by atoms with van der Waals surface area (Å²) in [5.74, 6) is 3.70. The summed E-state index contributed by atoms with van der Waals surface area (Å²) < 4.78 is 0. The Hall–Kier alpha value is -1.47. The maximum absolute atomic E-state index is 10.5. The van der Waals surface area contributed by atoms with Crippen molar-refractivity contribution in [2.45, 2.75) is 37.8 Å². The highest BCUT2D eigenvalue weighted by Gasteiger charge is 2.31. The Balaban J connectivity index is 1.51. The number of rotatable bonds is 5. The summed E-state index contributed by atoms with van der Waals surface area (Å²) in [4.78, 5) is 11.4. The third-order valence-electron chi connectivity index (χ3n) is 4.77. The number of thioether (sulfide) groups is 1. The first-order valence-corrected chi connectivity index (χ1v) is 10.3. The first kappa shape index (κ1) is 18.3. The van der Waals surface area contributed by atoms with Gasteiger partial charge in [-0.2, -0.15) is 11.8 Å². The number of guanidine groups is 1. The fraction of sp³-hybridized carbons (Fsp3) is 0.667. The molecule has 1 atom stereocenters. The molecule has 3 heterocycles. The van der Waals surface area contributed by atoms with E-state index in [2.05, 4.69) is 38.5 Å². The number of nitrogens with one attached hydrogen (secondary N) is 2. The van der Waals surface area contributed by atoms with Crippen LogP contribution in [0.25, 0.3) is 0 Å². The molecule has 0 saturated carbocycles. The summed E-state index contributed by atoms with van der Waals surface area (Å²) in [7, 11) is 0. The highest BCUT2D eigenvalue weighted by Crippen LogP contribution is 2.27. The van der Waals surface area contributed by atoms with Crippen LogP contribution < -0.4 is 15.5 Å². The number of aliphatic hydroxyl groups is 1. The van der Waals surface area contributed by atoms with Gasteiger partial charge in [-0.3, -0.25) is 4.99 Å². The van der Waals surface area contributed by atoms with Crippen LogP contribution in [0.15, 0.2) is 29.4 Å². The van der Waals surface area contributed by atoms with Gasteiger partial charge < -0.3 is 20.6 Å². The number of hydrogen-bond donors (Lipinski definition) is 3. The molecule has 25 heavy (non-hydrogen) atoms. The van der Waals surface area contributed by atoms with Crippen LogP contribution in [-0.4, -0.2) is 65.4 Å². The van der Waals surface area contributed by atoms with Gasteiger partial charge in [-0.05, 0) is 44.1 Å². The van der Waals surface area contributed by atoms with Crippen LogP contribution in [-0.2, 0) is 0 Å². The van der Waals surface area contributed by atoms with E-state index in [4.69, 9.17) is 0 Å². The van der Waals surface area contributed by atoms with Crippen LogP contribution in [0.4, 0.5) is 5.82 Å². The number of hydrogen-bond acceptors (Lipinski definition) is 5. The van der Waals surface area contributed by atoms with E-state index >= 15 is 0 Å². The third-order valence-corrected chi connectivity index (χ3v) is 6.00. The molecule has 0 aromatic carbocycles. The molecule has 1 unspecified atom stereocenters. The summed E-state index contributed by atoms with van der Waals surface area (Å²) in [5.41, 5.74) is -0.630. The minimum absolute atomic E-state index is 0.408. The fourth-order valence-corrected chi connectivity index (χ4v) is 4.54. The predicted molar refractivity (Wildman–Crippen MR) is 105 cm³/mol. The molecule has 3 N–H and O–H groups in total. The van der Waals surface area contributed by atoms with Crippen molar-refractivity contribution in [1.29, 1.82) is 0 Å². The molecule has 0 radical (unpaired) electrons. The lowest BCUT2D eigenvalue weighted by molar-refractivity contribution is 0.0778. The van der Waals surface area contributed by atoms with E-state index in [0.717, 1.165) is 62.2 Å². The highest BCUT2D eigenvalue weighted by molar-refractivity contribution is 7.99. The smallest absolute Gasteiger partial charge is 0.191 e. The molecular weight excluding hydrogens is 334 g/mol. The Labute approximate surface area is 154 Å². The first-order valence-electron chi connectivity index (χ1n) is 9.19. The maximum atomic E-state index is 10.5. The fourth-order valence-electron chi connectivity index (χ4n) is 3.25. The minimum atomic E-state index is -0.630. The number of aromatic nitrogens is 1. The number of anilines is 1. The molecule has 3 rings (SSSR count). The normalized spacial score (nSPS) is 25.2. The first-order chi connectivity index (χ1) is 12.2. The molecule has 1 aromatic rings. The summed E-state index contributed by atoms with van der Waals surface area (Å²) in [6.07, 6.45) is 4.80. The van der Waals surface area contributed by atoms with Crippen LogP contribution in [0.5, 0.6) is 0 Å². The van der Waals surface area contributed by atoms with E-state index in [1.54, 1.807) is 0 Å². The van der Waals surface area contributed by atoms with E-state index in [9.17, 15) is 5.11 Å². The SMILES string of the molecule is CCNC(=NCC1(O)CCSC1)NC1CCN(c2ccccn2)CC1. The van der Waals surface area contributed by atoms with Crippen molar-refractivity contribution in [1.82, 2.24) is 15.6 Å². The van der Waals surface area contributed by atoms with Crippen LogP contribution in [0.1, 0.15) is 26.2 Å². The second-order valence-corrected chi connectivity index (χ2v) is 7.92. The lowest BCUT2D eigenvalue weighted by Gasteiger charge is -2.34. The van der Waals surface area contributed by atoms with Crippen LogP contribution in [0.2, 0.25) is 0 Å². The zero-order valence-corrected chi connectivity index (χ0v) is 15.8. The maximum Gasteiger partial charge on any atom is 0.191 e. The Bertz CT molecular complexity index is 554. The quantitative estimate of drug-likeness (QED) is 0.544. The second-order valence-electron chi connectivity index (χ2n) is 6.82. The van der Waals surface area contributed by atoms with E-state index < -0.39 is 5.60 Å². The van der Waals surface area contributed by atoms with Gasteiger partial charge in [-0.15, -0.1) is 0 Å². The molecule has 0 spiro atoms. The second kappa shape index (κ2) is 8.76. The third kappa shape index (κ3) is 5.25. The minimum Gasteiger partial charge on any atom is -0.387 e. The molecule has 138 valence electrons. The molecule has 1 aromatic heterocycles. The van der Waals surface area contributed by atoms with Crippen molar-refractivity contribution in [3.63, 3.8) is 0 Å². The van der Waals surface area contributed by atoms with Gasteiger partial charge in [-0.1, -0.05) is 6.07 Å². The van der Waals surface area contributed by atoms with Crippen molar-refractivity contribution < 1.29 is 5.11 Å². The highest BCUT2D eigenvalue weighted by atomic mass is 32.2. The zero-order chi connectivity index (χ0) is 17.5.